The van der Waals surface area contributed by atoms with E-state index in [-0.39, 0.29) is 11.6 Å². The molecular formula is C15H21F2NS. The molecule has 0 amide bonds. The fraction of sp³-hybridized carbons (Fsp3) is 0.600. The summed E-state index contributed by atoms with van der Waals surface area (Å²) in [6.45, 7) is 5.39. The molecule has 0 aliphatic heterocycles. The van der Waals surface area contributed by atoms with E-state index in [0.717, 1.165) is 25.8 Å². The summed E-state index contributed by atoms with van der Waals surface area (Å²) in [5.74, 6) is -0.196. The SMILES string of the molecule is CCCNC1CCC(Sc2cc(F)ccc2F)C1C. The van der Waals surface area contributed by atoms with Crippen molar-refractivity contribution in [2.24, 2.45) is 5.92 Å². The summed E-state index contributed by atoms with van der Waals surface area (Å²) in [5.41, 5.74) is 0. The average Bonchev–Trinajstić information content (AvgIpc) is 2.73. The summed E-state index contributed by atoms with van der Waals surface area (Å²) in [5, 5.41) is 3.91. The van der Waals surface area contributed by atoms with Gasteiger partial charge in [0.05, 0.1) is 0 Å². The Labute approximate surface area is 118 Å². The van der Waals surface area contributed by atoms with Crippen LogP contribution in [0, 0.1) is 17.6 Å². The molecule has 1 N–H and O–H groups in total. The Bertz CT molecular complexity index is 425. The van der Waals surface area contributed by atoms with Crippen molar-refractivity contribution in [1.29, 1.82) is 0 Å². The van der Waals surface area contributed by atoms with Gasteiger partial charge in [0.1, 0.15) is 11.6 Å². The van der Waals surface area contributed by atoms with Gasteiger partial charge in [-0.15, -0.1) is 11.8 Å². The van der Waals surface area contributed by atoms with Crippen molar-refractivity contribution in [3.8, 4) is 0 Å². The van der Waals surface area contributed by atoms with Crippen LogP contribution in [0.15, 0.2) is 23.1 Å². The minimum atomic E-state index is -0.366. The van der Waals surface area contributed by atoms with E-state index in [1.165, 1.54) is 30.0 Å². The van der Waals surface area contributed by atoms with Crippen molar-refractivity contribution in [2.75, 3.05) is 6.54 Å². The number of hydrogen-bond acceptors (Lipinski definition) is 2. The van der Waals surface area contributed by atoms with Crippen LogP contribution < -0.4 is 5.32 Å². The summed E-state index contributed by atoms with van der Waals surface area (Å²) < 4.78 is 26.8. The summed E-state index contributed by atoms with van der Waals surface area (Å²) in [4.78, 5) is 0.438. The predicted molar refractivity (Wildman–Crippen MR) is 76.5 cm³/mol. The summed E-state index contributed by atoms with van der Waals surface area (Å²) in [6, 6.07) is 4.20. The number of hydrogen-bond donors (Lipinski definition) is 1. The lowest BCUT2D eigenvalue weighted by molar-refractivity contribution is 0.431. The van der Waals surface area contributed by atoms with Crippen LogP contribution in [-0.4, -0.2) is 17.8 Å². The topological polar surface area (TPSA) is 12.0 Å². The van der Waals surface area contributed by atoms with Crippen LogP contribution in [-0.2, 0) is 0 Å². The second-order valence-corrected chi connectivity index (χ2v) is 6.51. The Hall–Kier alpha value is -0.610. The third-order valence-electron chi connectivity index (χ3n) is 3.81. The van der Waals surface area contributed by atoms with Gasteiger partial charge in [-0.25, -0.2) is 8.78 Å². The first kappa shape index (κ1) is 14.8. The molecule has 1 aromatic carbocycles. The number of thioether (sulfide) groups is 1. The third-order valence-corrected chi connectivity index (χ3v) is 5.35. The first-order valence-corrected chi connectivity index (χ1v) is 7.85. The van der Waals surface area contributed by atoms with E-state index in [9.17, 15) is 8.78 Å². The maximum absolute atomic E-state index is 13.6. The van der Waals surface area contributed by atoms with Crippen molar-refractivity contribution in [2.45, 2.75) is 49.3 Å². The summed E-state index contributed by atoms with van der Waals surface area (Å²) >= 11 is 1.48. The molecule has 0 radical (unpaired) electrons. The van der Waals surface area contributed by atoms with Crippen molar-refractivity contribution < 1.29 is 8.78 Å². The minimum absolute atomic E-state index is 0.316. The normalized spacial score (nSPS) is 26.8. The van der Waals surface area contributed by atoms with Gasteiger partial charge in [-0.3, -0.25) is 0 Å². The second-order valence-electron chi connectivity index (χ2n) is 5.23. The average molecular weight is 285 g/mol. The van der Waals surface area contributed by atoms with Crippen molar-refractivity contribution in [3.05, 3.63) is 29.8 Å². The fourth-order valence-corrected chi connectivity index (χ4v) is 3.99. The lowest BCUT2D eigenvalue weighted by atomic mass is 10.1. The molecule has 1 nitrogen and oxygen atoms in total. The molecule has 1 saturated carbocycles. The highest BCUT2D eigenvalue weighted by atomic mass is 32.2. The molecule has 3 atom stereocenters. The molecular weight excluding hydrogens is 264 g/mol. The van der Waals surface area contributed by atoms with Gasteiger partial charge in [0.15, 0.2) is 0 Å². The predicted octanol–water partition coefficient (Wildman–Crippen LogP) is 4.22. The Balaban J connectivity index is 1.98. The first-order chi connectivity index (χ1) is 9.11. The quantitative estimate of drug-likeness (QED) is 0.869. The molecule has 0 bridgehead atoms. The van der Waals surface area contributed by atoms with Gasteiger partial charge >= 0.3 is 0 Å². The number of halogens is 2. The van der Waals surface area contributed by atoms with Gasteiger partial charge < -0.3 is 5.32 Å². The first-order valence-electron chi connectivity index (χ1n) is 6.97. The van der Waals surface area contributed by atoms with Gasteiger partial charge in [-0.2, -0.15) is 0 Å². The van der Waals surface area contributed by atoms with Gasteiger partial charge in [0, 0.05) is 16.2 Å². The van der Waals surface area contributed by atoms with Gasteiger partial charge in [-0.05, 0) is 49.9 Å². The third kappa shape index (κ3) is 3.69. The Morgan fingerprint density at radius 2 is 2.11 bits per heavy atom. The van der Waals surface area contributed by atoms with Crippen LogP contribution in [0.4, 0.5) is 8.78 Å². The molecule has 2 rings (SSSR count). The van der Waals surface area contributed by atoms with Crippen LogP contribution in [0.5, 0.6) is 0 Å². The molecule has 0 saturated heterocycles. The van der Waals surface area contributed by atoms with Crippen LogP contribution in [0.3, 0.4) is 0 Å². The van der Waals surface area contributed by atoms with E-state index in [1.54, 1.807) is 0 Å². The summed E-state index contributed by atoms with van der Waals surface area (Å²) in [6.07, 6.45) is 3.30. The fourth-order valence-electron chi connectivity index (χ4n) is 2.64. The van der Waals surface area contributed by atoms with Crippen molar-refractivity contribution in [3.63, 3.8) is 0 Å². The standard InChI is InChI=1S/C15H21F2NS/c1-3-8-18-13-6-7-14(10(13)2)19-15-9-11(16)4-5-12(15)17/h4-5,9-10,13-14,18H,3,6-8H2,1-2H3. The molecule has 1 fully saturated rings. The zero-order chi connectivity index (χ0) is 13.8. The second kappa shape index (κ2) is 6.71. The van der Waals surface area contributed by atoms with Gasteiger partial charge in [-0.1, -0.05) is 13.8 Å². The largest absolute Gasteiger partial charge is 0.314 e. The van der Waals surface area contributed by atoms with E-state index >= 15 is 0 Å². The van der Waals surface area contributed by atoms with Crippen molar-refractivity contribution >= 4 is 11.8 Å². The molecule has 106 valence electrons. The molecule has 1 aliphatic carbocycles. The molecule has 0 spiro atoms. The van der Waals surface area contributed by atoms with Crippen LogP contribution in [0.25, 0.3) is 0 Å². The summed E-state index contributed by atoms with van der Waals surface area (Å²) in [7, 11) is 0. The highest BCUT2D eigenvalue weighted by molar-refractivity contribution is 8.00. The minimum Gasteiger partial charge on any atom is -0.314 e. The highest BCUT2D eigenvalue weighted by Gasteiger charge is 2.33. The van der Waals surface area contributed by atoms with E-state index in [1.807, 2.05) is 0 Å². The van der Waals surface area contributed by atoms with Crippen LogP contribution in [0.2, 0.25) is 0 Å². The highest BCUT2D eigenvalue weighted by Crippen LogP contribution is 2.39. The van der Waals surface area contributed by atoms with Crippen LogP contribution >= 0.6 is 11.8 Å². The lowest BCUT2D eigenvalue weighted by Gasteiger charge is -2.21. The zero-order valence-corrected chi connectivity index (χ0v) is 12.3. The lowest BCUT2D eigenvalue weighted by Crippen LogP contribution is -2.33. The van der Waals surface area contributed by atoms with Crippen molar-refractivity contribution in [1.82, 2.24) is 5.32 Å². The molecule has 0 aromatic heterocycles. The number of benzene rings is 1. The maximum Gasteiger partial charge on any atom is 0.136 e. The molecule has 4 heteroatoms. The number of rotatable bonds is 5. The molecule has 1 aromatic rings. The number of nitrogens with one attached hydrogen (secondary N) is 1. The molecule has 0 heterocycles. The molecule has 19 heavy (non-hydrogen) atoms. The van der Waals surface area contributed by atoms with Gasteiger partial charge in [0.2, 0.25) is 0 Å². The Morgan fingerprint density at radius 3 is 2.84 bits per heavy atom. The van der Waals surface area contributed by atoms with E-state index in [4.69, 9.17) is 0 Å². The molecule has 3 unspecified atom stereocenters. The van der Waals surface area contributed by atoms with Crippen LogP contribution in [0.1, 0.15) is 33.1 Å². The van der Waals surface area contributed by atoms with E-state index < -0.39 is 0 Å². The zero-order valence-electron chi connectivity index (χ0n) is 11.5. The monoisotopic (exact) mass is 285 g/mol. The smallest absolute Gasteiger partial charge is 0.136 e. The Kier molecular flexibility index (Phi) is 5.22. The Morgan fingerprint density at radius 1 is 1.32 bits per heavy atom. The van der Waals surface area contributed by atoms with Gasteiger partial charge in [0.25, 0.3) is 0 Å². The maximum atomic E-state index is 13.6. The molecule has 1 aliphatic rings. The van der Waals surface area contributed by atoms with E-state index in [2.05, 4.69) is 19.2 Å². The van der Waals surface area contributed by atoms with E-state index in [0.29, 0.717) is 22.1 Å².